The van der Waals surface area contributed by atoms with Crippen molar-refractivity contribution in [1.82, 2.24) is 0 Å². The normalized spacial score (nSPS) is 11.0. The number of anilines is 2. The first-order valence-electron chi connectivity index (χ1n) is 6.96. The molecule has 0 spiro atoms. The maximum Gasteiger partial charge on any atom is 0.323 e. The third kappa shape index (κ3) is 4.68. The smallest absolute Gasteiger partial charge is 0.308 e. The summed E-state index contributed by atoms with van der Waals surface area (Å²) in [6, 6.07) is 7.79. The molecule has 25 heavy (non-hydrogen) atoms. The predicted molar refractivity (Wildman–Crippen MR) is 94.7 cm³/mol. The molecule has 0 aliphatic rings. The van der Waals surface area contributed by atoms with Gasteiger partial charge in [-0.05, 0) is 49.7 Å². The van der Waals surface area contributed by atoms with Gasteiger partial charge in [0.25, 0.3) is 14.7 Å². The van der Waals surface area contributed by atoms with Crippen LogP contribution in [0.1, 0.15) is 11.1 Å². The molecular weight excluding hydrogens is 370 g/mol. The zero-order chi connectivity index (χ0) is 18.8. The van der Waals surface area contributed by atoms with Gasteiger partial charge in [0.15, 0.2) is 0 Å². The van der Waals surface area contributed by atoms with Gasteiger partial charge >= 0.3 is 6.03 Å². The van der Waals surface area contributed by atoms with E-state index in [-0.39, 0.29) is 10.6 Å². The van der Waals surface area contributed by atoms with Crippen molar-refractivity contribution in [3.05, 3.63) is 57.6 Å². The van der Waals surface area contributed by atoms with Gasteiger partial charge in [0.1, 0.15) is 0 Å². The first-order chi connectivity index (χ1) is 11.6. The minimum Gasteiger partial charge on any atom is -0.308 e. The van der Waals surface area contributed by atoms with Gasteiger partial charge in [-0.3, -0.25) is 10.1 Å². The van der Waals surface area contributed by atoms with E-state index in [9.17, 15) is 23.3 Å². The van der Waals surface area contributed by atoms with Crippen LogP contribution in [0.5, 0.6) is 0 Å². The molecule has 8 nitrogen and oxygen atoms in total. The number of carbonyl (C=O) groups excluding carboxylic acids is 1. The van der Waals surface area contributed by atoms with Crippen LogP contribution in [-0.2, 0) is 9.05 Å². The summed E-state index contributed by atoms with van der Waals surface area (Å²) >= 11 is 0. The first kappa shape index (κ1) is 18.7. The number of rotatable bonds is 4. The molecule has 2 aromatic carbocycles. The summed E-state index contributed by atoms with van der Waals surface area (Å²) in [4.78, 5) is 22.2. The van der Waals surface area contributed by atoms with Gasteiger partial charge in [-0.15, -0.1) is 0 Å². The van der Waals surface area contributed by atoms with E-state index in [0.29, 0.717) is 22.5 Å². The lowest BCUT2D eigenvalue weighted by atomic mass is 10.2. The lowest BCUT2D eigenvalue weighted by molar-refractivity contribution is -0.385. The quantitative estimate of drug-likeness (QED) is 0.473. The number of benzene rings is 2. The maximum atomic E-state index is 12.0. The maximum absolute atomic E-state index is 12.0. The van der Waals surface area contributed by atoms with Crippen molar-refractivity contribution in [2.75, 3.05) is 10.6 Å². The second-order valence-electron chi connectivity index (χ2n) is 5.26. The van der Waals surface area contributed by atoms with Crippen molar-refractivity contribution in [3.8, 4) is 0 Å². The Morgan fingerprint density at radius 1 is 1.04 bits per heavy atom. The van der Waals surface area contributed by atoms with Crippen LogP contribution in [-0.4, -0.2) is 19.4 Å². The minimum absolute atomic E-state index is 0.0360. The van der Waals surface area contributed by atoms with Crippen LogP contribution >= 0.6 is 10.7 Å². The largest absolute Gasteiger partial charge is 0.323 e. The molecule has 2 aromatic rings. The molecule has 0 aliphatic heterocycles. The van der Waals surface area contributed by atoms with Gasteiger partial charge in [0, 0.05) is 33.7 Å². The van der Waals surface area contributed by atoms with E-state index < -0.39 is 20.0 Å². The molecular formula is C15H14ClN3O5S. The molecule has 0 aromatic heterocycles. The van der Waals surface area contributed by atoms with Crippen LogP contribution in [0.15, 0.2) is 41.3 Å². The topological polar surface area (TPSA) is 118 Å². The summed E-state index contributed by atoms with van der Waals surface area (Å²) in [7, 11) is 1.45. The highest BCUT2D eigenvalue weighted by Gasteiger charge is 2.15. The average Bonchev–Trinajstić information content (AvgIpc) is 2.45. The zero-order valence-electron chi connectivity index (χ0n) is 13.2. The molecule has 2 amide bonds. The van der Waals surface area contributed by atoms with Crippen molar-refractivity contribution in [3.63, 3.8) is 0 Å². The predicted octanol–water partition coefficient (Wildman–Crippen LogP) is 3.78. The van der Waals surface area contributed by atoms with Gasteiger partial charge in [0.05, 0.1) is 9.82 Å². The summed E-state index contributed by atoms with van der Waals surface area (Å²) in [5, 5.41) is 15.9. The van der Waals surface area contributed by atoms with E-state index in [1.54, 1.807) is 13.8 Å². The Morgan fingerprint density at radius 2 is 1.56 bits per heavy atom. The third-order valence-electron chi connectivity index (χ3n) is 3.35. The zero-order valence-corrected chi connectivity index (χ0v) is 14.8. The number of nitrogens with zero attached hydrogens (tertiary/aromatic N) is 1. The number of nitro groups is 1. The number of hydrogen-bond acceptors (Lipinski definition) is 5. The van der Waals surface area contributed by atoms with Crippen molar-refractivity contribution < 1.29 is 18.1 Å². The van der Waals surface area contributed by atoms with E-state index in [0.717, 1.165) is 0 Å². The van der Waals surface area contributed by atoms with Gasteiger partial charge in [0.2, 0.25) is 0 Å². The molecule has 0 saturated heterocycles. The number of nitrogens with one attached hydrogen (secondary N) is 2. The minimum atomic E-state index is -3.85. The molecule has 0 unspecified atom stereocenters. The number of aryl methyl sites for hydroxylation is 2. The highest BCUT2D eigenvalue weighted by atomic mass is 35.7. The molecule has 0 aliphatic carbocycles. The Balaban J connectivity index is 2.12. The van der Waals surface area contributed by atoms with E-state index in [4.69, 9.17) is 10.7 Å². The summed E-state index contributed by atoms with van der Waals surface area (Å²) in [5.41, 5.74) is 1.52. The van der Waals surface area contributed by atoms with Crippen LogP contribution < -0.4 is 10.6 Å². The molecule has 0 saturated carbocycles. The van der Waals surface area contributed by atoms with Crippen molar-refractivity contribution in [1.29, 1.82) is 0 Å². The summed E-state index contributed by atoms with van der Waals surface area (Å²) < 4.78 is 22.7. The second-order valence-corrected chi connectivity index (χ2v) is 7.79. The van der Waals surface area contributed by atoms with Crippen LogP contribution in [0.25, 0.3) is 0 Å². The van der Waals surface area contributed by atoms with Gasteiger partial charge in [-0.2, -0.15) is 0 Å². The van der Waals surface area contributed by atoms with Crippen LogP contribution in [0, 0.1) is 24.0 Å². The van der Waals surface area contributed by atoms with Crippen molar-refractivity contribution >= 4 is 42.8 Å². The molecule has 10 heteroatoms. The summed E-state index contributed by atoms with van der Waals surface area (Å²) in [6.07, 6.45) is 0. The third-order valence-corrected chi connectivity index (χ3v) is 4.83. The Morgan fingerprint density at radius 3 is 2.00 bits per heavy atom. The van der Waals surface area contributed by atoms with Gasteiger partial charge in [-0.25, -0.2) is 13.2 Å². The second kappa shape index (κ2) is 7.08. The Bertz CT molecular complexity index is 960. The molecule has 132 valence electrons. The molecule has 0 heterocycles. The SMILES string of the molecule is Cc1cc(NC(=O)Nc2ccc(S(=O)(=O)Cl)c(C)c2)ccc1[N+](=O)[O-]. The molecule has 2 N–H and O–H groups in total. The molecule has 0 bridgehead atoms. The average molecular weight is 384 g/mol. The molecule has 2 rings (SSSR count). The summed E-state index contributed by atoms with van der Waals surface area (Å²) in [5.74, 6) is 0. The summed E-state index contributed by atoms with van der Waals surface area (Å²) in [6.45, 7) is 3.12. The number of carbonyl (C=O) groups is 1. The number of halogens is 1. The fraction of sp³-hybridized carbons (Fsp3) is 0.133. The highest BCUT2D eigenvalue weighted by Crippen LogP contribution is 2.24. The lowest BCUT2D eigenvalue weighted by Crippen LogP contribution is -2.19. The van der Waals surface area contributed by atoms with Crippen LogP contribution in [0.3, 0.4) is 0 Å². The Kier molecular flexibility index (Phi) is 5.29. The standard InChI is InChI=1S/C15H14ClN3O5S/c1-9-7-11(3-5-13(9)19(21)22)17-15(20)18-12-4-6-14(10(2)8-12)25(16,23)24/h3-8H,1-2H3,(H2,17,18,20). The van der Waals surface area contributed by atoms with Gasteiger partial charge < -0.3 is 10.6 Å². The Hall–Kier alpha value is -2.65. The number of amides is 2. The highest BCUT2D eigenvalue weighted by molar-refractivity contribution is 8.13. The van der Waals surface area contributed by atoms with Crippen molar-refractivity contribution in [2.24, 2.45) is 0 Å². The molecule has 0 radical (unpaired) electrons. The monoisotopic (exact) mass is 383 g/mol. The fourth-order valence-corrected chi connectivity index (χ4v) is 3.43. The molecule has 0 fully saturated rings. The van der Waals surface area contributed by atoms with Gasteiger partial charge in [-0.1, -0.05) is 0 Å². The van der Waals surface area contributed by atoms with Crippen LogP contribution in [0.4, 0.5) is 21.9 Å². The lowest BCUT2D eigenvalue weighted by Gasteiger charge is -2.10. The number of nitro benzene ring substituents is 1. The number of urea groups is 1. The van der Waals surface area contributed by atoms with E-state index in [2.05, 4.69) is 10.6 Å². The molecule has 0 atom stereocenters. The van der Waals surface area contributed by atoms with E-state index in [1.807, 2.05) is 0 Å². The van der Waals surface area contributed by atoms with E-state index in [1.165, 1.54) is 36.4 Å². The number of hydrogen-bond donors (Lipinski definition) is 2. The van der Waals surface area contributed by atoms with Crippen molar-refractivity contribution in [2.45, 2.75) is 18.7 Å². The first-order valence-corrected chi connectivity index (χ1v) is 9.27. The van der Waals surface area contributed by atoms with E-state index >= 15 is 0 Å². The fourth-order valence-electron chi connectivity index (χ4n) is 2.23. The Labute approximate surface area is 148 Å². The van der Waals surface area contributed by atoms with Crippen LogP contribution in [0.2, 0.25) is 0 Å².